The topological polar surface area (TPSA) is 59.3 Å². The number of hydrogen-bond acceptors (Lipinski definition) is 4. The first kappa shape index (κ1) is 14.2. The number of nitrogens with zero attached hydrogens (tertiary/aromatic N) is 3. The summed E-state index contributed by atoms with van der Waals surface area (Å²) in [4.78, 5) is 20.8. The summed E-state index contributed by atoms with van der Waals surface area (Å²) in [5.41, 5.74) is 2.84. The van der Waals surface area contributed by atoms with E-state index in [1.165, 1.54) is 18.4 Å². The molecule has 0 unspecified atom stereocenters. The molecule has 3 aromatic heterocycles. The summed E-state index contributed by atoms with van der Waals surface area (Å²) in [6.07, 6.45) is 5.96. The molecule has 3 heterocycles. The van der Waals surface area contributed by atoms with Crippen molar-refractivity contribution >= 4 is 23.1 Å². The minimum Gasteiger partial charge on any atom is -0.358 e. The molecular formula is C17H15ClN4O. The quantitative estimate of drug-likeness (QED) is 0.750. The van der Waals surface area contributed by atoms with Gasteiger partial charge in [-0.3, -0.25) is 9.20 Å². The highest BCUT2D eigenvalue weighted by Crippen LogP contribution is 2.41. The van der Waals surface area contributed by atoms with Crippen LogP contribution in [0.4, 0.5) is 5.95 Å². The molecule has 23 heavy (non-hydrogen) atoms. The summed E-state index contributed by atoms with van der Waals surface area (Å²) in [5.74, 6) is 1.11. The molecule has 3 aromatic rings. The Morgan fingerprint density at radius 1 is 1.35 bits per heavy atom. The van der Waals surface area contributed by atoms with E-state index in [9.17, 15) is 4.79 Å². The largest absolute Gasteiger partial charge is 0.358 e. The third-order valence-corrected chi connectivity index (χ3v) is 4.49. The minimum absolute atomic E-state index is 0.308. The average Bonchev–Trinajstić information content (AvgIpc) is 3.40. The van der Waals surface area contributed by atoms with Crippen LogP contribution >= 0.6 is 11.6 Å². The van der Waals surface area contributed by atoms with Crippen LogP contribution in [-0.2, 0) is 0 Å². The van der Waals surface area contributed by atoms with E-state index < -0.39 is 0 Å². The minimum atomic E-state index is -0.308. The highest BCUT2D eigenvalue weighted by molar-refractivity contribution is 6.32. The maximum atomic E-state index is 12.6. The summed E-state index contributed by atoms with van der Waals surface area (Å²) in [6.45, 7) is 0. The zero-order chi connectivity index (χ0) is 16.0. The van der Waals surface area contributed by atoms with Gasteiger partial charge in [0.1, 0.15) is 5.15 Å². The van der Waals surface area contributed by atoms with Gasteiger partial charge in [-0.15, -0.1) is 0 Å². The second-order valence-electron chi connectivity index (χ2n) is 5.70. The molecule has 4 rings (SSSR count). The van der Waals surface area contributed by atoms with E-state index in [1.54, 1.807) is 25.4 Å². The van der Waals surface area contributed by atoms with Gasteiger partial charge in [0, 0.05) is 25.0 Å². The lowest BCUT2D eigenvalue weighted by Crippen LogP contribution is -2.17. The van der Waals surface area contributed by atoms with Crippen LogP contribution in [0, 0.1) is 0 Å². The molecule has 0 aromatic carbocycles. The number of halogens is 1. The van der Waals surface area contributed by atoms with Gasteiger partial charge in [0.05, 0.1) is 11.1 Å². The Kier molecular flexibility index (Phi) is 3.31. The van der Waals surface area contributed by atoms with E-state index in [4.69, 9.17) is 11.6 Å². The van der Waals surface area contributed by atoms with E-state index >= 15 is 0 Å². The SMILES string of the molecule is CNc1nc(=O)c(-c2cccnc2Cl)c2cc(C3CC3)ccn12. The van der Waals surface area contributed by atoms with Gasteiger partial charge in [-0.25, -0.2) is 4.98 Å². The lowest BCUT2D eigenvalue weighted by atomic mass is 10.1. The molecule has 0 aliphatic heterocycles. The van der Waals surface area contributed by atoms with E-state index in [2.05, 4.69) is 27.4 Å². The van der Waals surface area contributed by atoms with Gasteiger partial charge in [-0.2, -0.15) is 4.98 Å². The van der Waals surface area contributed by atoms with Crippen molar-refractivity contribution in [1.29, 1.82) is 0 Å². The fraction of sp³-hybridized carbons (Fsp3) is 0.235. The van der Waals surface area contributed by atoms with Gasteiger partial charge in [0.15, 0.2) is 0 Å². The van der Waals surface area contributed by atoms with Gasteiger partial charge < -0.3 is 5.32 Å². The van der Waals surface area contributed by atoms with E-state index in [0.29, 0.717) is 28.1 Å². The Balaban J connectivity index is 2.09. The van der Waals surface area contributed by atoms with Gasteiger partial charge in [0.2, 0.25) is 5.95 Å². The molecule has 116 valence electrons. The molecule has 1 aliphatic rings. The van der Waals surface area contributed by atoms with Gasteiger partial charge in [-0.05, 0) is 48.6 Å². The number of hydrogen-bond donors (Lipinski definition) is 1. The zero-order valence-electron chi connectivity index (χ0n) is 12.6. The van der Waals surface area contributed by atoms with Gasteiger partial charge >= 0.3 is 0 Å². The number of anilines is 1. The monoisotopic (exact) mass is 326 g/mol. The Hall–Kier alpha value is -2.40. The van der Waals surface area contributed by atoms with Crippen LogP contribution in [0.5, 0.6) is 0 Å². The van der Waals surface area contributed by atoms with Gasteiger partial charge in [-0.1, -0.05) is 11.6 Å². The lowest BCUT2D eigenvalue weighted by molar-refractivity contribution is 1.02. The number of aromatic nitrogens is 3. The standard InChI is InChI=1S/C17H15ClN4O/c1-19-17-21-16(23)14(12-3-2-7-20-15(12)18)13-9-11(10-4-5-10)6-8-22(13)17/h2-3,6-10H,4-5H2,1H3,(H,19,21,23). The number of fused-ring (bicyclic) bond motifs is 1. The summed E-state index contributed by atoms with van der Waals surface area (Å²) in [5, 5.41) is 3.28. The second-order valence-corrected chi connectivity index (χ2v) is 6.05. The predicted molar refractivity (Wildman–Crippen MR) is 91.2 cm³/mol. The highest BCUT2D eigenvalue weighted by atomic mass is 35.5. The molecule has 0 radical (unpaired) electrons. The van der Waals surface area contributed by atoms with Crippen molar-refractivity contribution in [3.05, 3.63) is 57.7 Å². The summed E-state index contributed by atoms with van der Waals surface area (Å²) >= 11 is 6.22. The van der Waals surface area contributed by atoms with Crippen molar-refractivity contribution in [2.45, 2.75) is 18.8 Å². The molecular weight excluding hydrogens is 312 g/mol. The molecule has 0 atom stereocenters. The van der Waals surface area contributed by atoms with Crippen molar-refractivity contribution < 1.29 is 0 Å². The smallest absolute Gasteiger partial charge is 0.283 e. The molecule has 5 nitrogen and oxygen atoms in total. The first-order valence-electron chi connectivity index (χ1n) is 7.54. The molecule has 0 amide bonds. The molecule has 0 bridgehead atoms. The maximum absolute atomic E-state index is 12.6. The van der Waals surface area contributed by atoms with Crippen molar-refractivity contribution in [3.63, 3.8) is 0 Å². The molecule has 0 saturated heterocycles. The molecule has 0 spiro atoms. The van der Waals surface area contributed by atoms with Crippen LogP contribution in [-0.4, -0.2) is 21.4 Å². The molecule has 1 fully saturated rings. The third kappa shape index (κ3) is 2.37. The predicted octanol–water partition coefficient (Wildman–Crippen LogP) is 3.33. The highest BCUT2D eigenvalue weighted by Gasteiger charge is 2.25. The fourth-order valence-electron chi connectivity index (χ4n) is 2.88. The summed E-state index contributed by atoms with van der Waals surface area (Å²) in [7, 11) is 1.75. The van der Waals surface area contributed by atoms with Crippen molar-refractivity contribution in [1.82, 2.24) is 14.4 Å². The van der Waals surface area contributed by atoms with Crippen LogP contribution in [0.15, 0.2) is 41.5 Å². The number of rotatable bonds is 3. The van der Waals surface area contributed by atoms with Crippen molar-refractivity contribution in [2.24, 2.45) is 0 Å². The number of nitrogens with one attached hydrogen (secondary N) is 1. The van der Waals surface area contributed by atoms with E-state index in [-0.39, 0.29) is 5.56 Å². The zero-order valence-corrected chi connectivity index (χ0v) is 13.3. The van der Waals surface area contributed by atoms with Crippen LogP contribution in [0.2, 0.25) is 5.15 Å². The van der Waals surface area contributed by atoms with Crippen LogP contribution < -0.4 is 10.9 Å². The fourth-order valence-corrected chi connectivity index (χ4v) is 3.10. The van der Waals surface area contributed by atoms with Crippen LogP contribution in [0.25, 0.3) is 16.6 Å². The molecule has 1 saturated carbocycles. The average molecular weight is 327 g/mol. The third-order valence-electron chi connectivity index (χ3n) is 4.19. The maximum Gasteiger partial charge on any atom is 0.283 e. The van der Waals surface area contributed by atoms with Crippen molar-refractivity contribution in [3.8, 4) is 11.1 Å². The van der Waals surface area contributed by atoms with Crippen molar-refractivity contribution in [2.75, 3.05) is 12.4 Å². The van der Waals surface area contributed by atoms with Crippen LogP contribution in [0.1, 0.15) is 24.3 Å². The van der Waals surface area contributed by atoms with E-state index in [1.807, 2.05) is 10.6 Å². The molecule has 6 heteroatoms. The normalized spacial score (nSPS) is 14.2. The first-order valence-corrected chi connectivity index (χ1v) is 7.92. The molecule has 1 aliphatic carbocycles. The molecule has 1 N–H and O–H groups in total. The lowest BCUT2D eigenvalue weighted by Gasteiger charge is -2.13. The Morgan fingerprint density at radius 2 is 2.17 bits per heavy atom. The Bertz CT molecular complexity index is 962. The first-order chi connectivity index (χ1) is 11.2. The summed E-state index contributed by atoms with van der Waals surface area (Å²) < 4.78 is 1.88. The number of pyridine rings is 2. The Labute approximate surface area is 138 Å². The van der Waals surface area contributed by atoms with Gasteiger partial charge in [0.25, 0.3) is 5.56 Å². The second kappa shape index (κ2) is 5.35. The summed E-state index contributed by atoms with van der Waals surface area (Å²) in [6, 6.07) is 7.73. The van der Waals surface area contributed by atoms with E-state index in [0.717, 1.165) is 5.52 Å². The van der Waals surface area contributed by atoms with Crippen LogP contribution in [0.3, 0.4) is 0 Å². The Morgan fingerprint density at radius 3 is 2.87 bits per heavy atom.